The van der Waals surface area contributed by atoms with E-state index >= 15 is 0 Å². The number of amides is 2. The van der Waals surface area contributed by atoms with Crippen LogP contribution in [0.4, 0.5) is 5.00 Å². The van der Waals surface area contributed by atoms with E-state index in [9.17, 15) is 9.59 Å². The third-order valence-corrected chi connectivity index (χ3v) is 7.31. The largest absolute Gasteiger partial charge is 0.334 e. The fourth-order valence-corrected chi connectivity index (χ4v) is 5.67. The molecule has 2 aliphatic rings. The molecule has 1 aromatic carbocycles. The summed E-state index contributed by atoms with van der Waals surface area (Å²) >= 11 is 1.60. The molecule has 0 saturated carbocycles. The van der Waals surface area contributed by atoms with Crippen LogP contribution in [0, 0.1) is 12.8 Å². The molecular formula is C23H30N3O2S+. The Labute approximate surface area is 176 Å². The lowest BCUT2D eigenvalue weighted by Gasteiger charge is -2.30. The third-order valence-electron chi connectivity index (χ3n) is 6.14. The van der Waals surface area contributed by atoms with Gasteiger partial charge in [-0.05, 0) is 49.8 Å². The number of nitrogens with one attached hydrogen (secondary N) is 2. The average Bonchev–Trinajstić information content (AvgIpc) is 3.04. The van der Waals surface area contributed by atoms with E-state index in [1.807, 2.05) is 36.1 Å². The summed E-state index contributed by atoms with van der Waals surface area (Å²) in [6.45, 7) is 7.73. The molecule has 154 valence electrons. The molecule has 2 heterocycles. The van der Waals surface area contributed by atoms with E-state index in [1.54, 1.807) is 11.3 Å². The molecule has 29 heavy (non-hydrogen) atoms. The van der Waals surface area contributed by atoms with E-state index in [0.717, 1.165) is 61.6 Å². The zero-order chi connectivity index (χ0) is 20.5. The smallest absolute Gasteiger partial charge is 0.257 e. The minimum Gasteiger partial charge on any atom is -0.334 e. The molecule has 1 saturated heterocycles. The highest BCUT2D eigenvalue weighted by atomic mass is 32.1. The summed E-state index contributed by atoms with van der Waals surface area (Å²) in [4.78, 5) is 31.1. The third kappa shape index (κ3) is 4.23. The zero-order valence-electron chi connectivity index (χ0n) is 17.5. The SMILES string of the molecule is Cc1cccc(C(=O)Nc2sc3c(c2C(=O)N2CC[NH+](C)CC2)CC[C@@H](C)C3)c1. The molecule has 2 aromatic rings. The van der Waals surface area contributed by atoms with Crippen molar-refractivity contribution in [3.8, 4) is 0 Å². The van der Waals surface area contributed by atoms with Gasteiger partial charge in [0.05, 0.1) is 38.8 Å². The van der Waals surface area contributed by atoms with Gasteiger partial charge in [-0.1, -0.05) is 24.6 Å². The van der Waals surface area contributed by atoms with E-state index in [4.69, 9.17) is 0 Å². The van der Waals surface area contributed by atoms with E-state index < -0.39 is 0 Å². The first-order valence-electron chi connectivity index (χ1n) is 10.6. The molecule has 1 aliphatic carbocycles. The van der Waals surface area contributed by atoms with Crippen molar-refractivity contribution in [3.05, 3.63) is 51.4 Å². The van der Waals surface area contributed by atoms with Gasteiger partial charge in [0.1, 0.15) is 5.00 Å². The molecule has 4 rings (SSSR count). The summed E-state index contributed by atoms with van der Waals surface area (Å²) in [5.41, 5.74) is 3.60. The number of fused-ring (bicyclic) bond motifs is 1. The Hall–Kier alpha value is -2.18. The highest BCUT2D eigenvalue weighted by molar-refractivity contribution is 7.17. The van der Waals surface area contributed by atoms with Gasteiger partial charge < -0.3 is 15.1 Å². The van der Waals surface area contributed by atoms with Crippen molar-refractivity contribution in [1.29, 1.82) is 0 Å². The first-order valence-corrected chi connectivity index (χ1v) is 11.4. The first kappa shape index (κ1) is 20.1. The number of rotatable bonds is 3. The Balaban J connectivity index is 1.66. The van der Waals surface area contributed by atoms with Crippen molar-refractivity contribution in [2.24, 2.45) is 5.92 Å². The molecule has 6 heteroatoms. The summed E-state index contributed by atoms with van der Waals surface area (Å²) in [6.07, 6.45) is 3.02. The van der Waals surface area contributed by atoms with Crippen molar-refractivity contribution < 1.29 is 14.5 Å². The number of likely N-dealkylation sites (N-methyl/N-ethyl adjacent to an activating group) is 1. The lowest BCUT2D eigenvalue weighted by molar-refractivity contribution is -0.883. The summed E-state index contributed by atoms with van der Waals surface area (Å²) in [7, 11) is 2.17. The molecule has 1 aliphatic heterocycles. The fraction of sp³-hybridized carbons (Fsp3) is 0.478. The maximum absolute atomic E-state index is 13.5. The fourth-order valence-electron chi connectivity index (χ4n) is 4.28. The van der Waals surface area contributed by atoms with Gasteiger partial charge in [0.2, 0.25) is 0 Å². The Bertz CT molecular complexity index is 928. The summed E-state index contributed by atoms with van der Waals surface area (Å²) < 4.78 is 0. The summed E-state index contributed by atoms with van der Waals surface area (Å²) in [6, 6.07) is 7.58. The second-order valence-corrected chi connectivity index (χ2v) is 9.73. The first-order chi connectivity index (χ1) is 13.9. The molecule has 1 aromatic heterocycles. The van der Waals surface area contributed by atoms with Gasteiger partial charge >= 0.3 is 0 Å². The van der Waals surface area contributed by atoms with Crippen LogP contribution in [-0.2, 0) is 12.8 Å². The van der Waals surface area contributed by atoms with Crippen molar-refractivity contribution in [1.82, 2.24) is 4.90 Å². The number of quaternary nitrogens is 1. The van der Waals surface area contributed by atoms with Gasteiger partial charge in [0.15, 0.2) is 0 Å². The van der Waals surface area contributed by atoms with Crippen molar-refractivity contribution >= 4 is 28.2 Å². The number of piperazine rings is 1. The van der Waals surface area contributed by atoms with Crippen molar-refractivity contribution in [3.63, 3.8) is 0 Å². The summed E-state index contributed by atoms with van der Waals surface area (Å²) in [5.74, 6) is 0.568. The van der Waals surface area contributed by atoms with Crippen LogP contribution in [-0.4, -0.2) is 49.9 Å². The predicted molar refractivity (Wildman–Crippen MR) is 117 cm³/mol. The summed E-state index contributed by atoms with van der Waals surface area (Å²) in [5, 5.41) is 3.81. The lowest BCUT2D eigenvalue weighted by Crippen LogP contribution is -3.12. The molecule has 5 nitrogen and oxygen atoms in total. The van der Waals surface area contributed by atoms with Crippen LogP contribution in [0.25, 0.3) is 0 Å². The quantitative estimate of drug-likeness (QED) is 0.814. The number of carbonyl (C=O) groups excluding carboxylic acids is 2. The maximum atomic E-state index is 13.5. The number of benzene rings is 1. The topological polar surface area (TPSA) is 53.9 Å². The minimum atomic E-state index is -0.141. The van der Waals surface area contributed by atoms with E-state index in [-0.39, 0.29) is 11.8 Å². The number of thiophene rings is 1. The standard InChI is InChI=1S/C23H29N3O2S/c1-15-5-4-6-17(13-15)21(27)24-22-20(18-8-7-16(2)14-19(18)29-22)23(28)26-11-9-25(3)10-12-26/h4-6,13,16H,7-12,14H2,1-3H3,(H,24,27)/p+1/t16-/m1/s1. The molecule has 0 bridgehead atoms. The molecule has 2 N–H and O–H groups in total. The number of aryl methyl sites for hydroxylation is 1. The highest BCUT2D eigenvalue weighted by Gasteiger charge is 2.32. The van der Waals surface area contributed by atoms with Crippen LogP contribution < -0.4 is 10.2 Å². The molecule has 0 radical (unpaired) electrons. The average molecular weight is 413 g/mol. The Kier molecular flexibility index (Phi) is 5.74. The van der Waals surface area contributed by atoms with Crippen LogP contribution in [0.2, 0.25) is 0 Å². The Morgan fingerprint density at radius 2 is 2.00 bits per heavy atom. The molecule has 2 amide bonds. The van der Waals surface area contributed by atoms with Gasteiger partial charge in [0.25, 0.3) is 11.8 Å². The molecule has 0 spiro atoms. The Morgan fingerprint density at radius 3 is 2.72 bits per heavy atom. The van der Waals surface area contributed by atoms with Crippen molar-refractivity contribution in [2.75, 3.05) is 38.5 Å². The van der Waals surface area contributed by atoms with Crippen LogP contribution in [0.3, 0.4) is 0 Å². The van der Waals surface area contributed by atoms with Gasteiger partial charge in [-0.2, -0.15) is 0 Å². The van der Waals surface area contributed by atoms with E-state index in [1.165, 1.54) is 15.3 Å². The second kappa shape index (κ2) is 8.28. The highest BCUT2D eigenvalue weighted by Crippen LogP contribution is 2.40. The number of hydrogen-bond acceptors (Lipinski definition) is 3. The molecule has 0 unspecified atom stereocenters. The second-order valence-electron chi connectivity index (χ2n) is 8.63. The van der Waals surface area contributed by atoms with Gasteiger partial charge in [-0.25, -0.2) is 0 Å². The number of anilines is 1. The van der Waals surface area contributed by atoms with Gasteiger partial charge in [0, 0.05) is 10.4 Å². The minimum absolute atomic E-state index is 0.0871. The van der Waals surface area contributed by atoms with E-state index in [0.29, 0.717) is 11.5 Å². The molecule has 1 fully saturated rings. The normalized spacial score (nSPS) is 19.7. The molecular weight excluding hydrogens is 382 g/mol. The van der Waals surface area contributed by atoms with E-state index in [2.05, 4.69) is 19.3 Å². The van der Waals surface area contributed by atoms with Gasteiger partial charge in [-0.3, -0.25) is 9.59 Å². The van der Waals surface area contributed by atoms with Gasteiger partial charge in [-0.15, -0.1) is 11.3 Å². The maximum Gasteiger partial charge on any atom is 0.257 e. The molecule has 1 atom stereocenters. The Morgan fingerprint density at radius 1 is 1.24 bits per heavy atom. The lowest BCUT2D eigenvalue weighted by atomic mass is 9.88. The number of carbonyl (C=O) groups is 2. The van der Waals surface area contributed by atoms with Crippen LogP contribution in [0.5, 0.6) is 0 Å². The van der Waals surface area contributed by atoms with Crippen LogP contribution >= 0.6 is 11.3 Å². The zero-order valence-corrected chi connectivity index (χ0v) is 18.3. The van der Waals surface area contributed by atoms with Crippen molar-refractivity contribution in [2.45, 2.75) is 33.1 Å². The monoisotopic (exact) mass is 412 g/mol. The number of nitrogens with zero attached hydrogens (tertiary/aromatic N) is 1. The van der Waals surface area contributed by atoms with Crippen LogP contribution in [0.15, 0.2) is 24.3 Å². The number of hydrogen-bond donors (Lipinski definition) is 2. The van der Waals surface area contributed by atoms with Crippen LogP contribution in [0.1, 0.15) is 50.1 Å². The predicted octanol–water partition coefficient (Wildman–Crippen LogP) is 2.40.